The molecule has 0 saturated carbocycles. The predicted molar refractivity (Wildman–Crippen MR) is 75.1 cm³/mol. The van der Waals surface area contributed by atoms with Crippen LogP contribution in [0.15, 0.2) is 31.0 Å². The molecule has 0 spiro atoms. The van der Waals surface area contributed by atoms with Crippen molar-refractivity contribution in [3.05, 3.63) is 36.5 Å². The number of amides is 1. The standard InChI is InChI=1S/C14H19N5O/c1-11(2)3-6-14(20)17-8-12-4-5-13(16-7-12)19-10-15-9-18-19/h4-5,7,9-11H,3,6,8H2,1-2H3,(H,17,20). The van der Waals surface area contributed by atoms with Gasteiger partial charge in [-0.25, -0.2) is 14.6 Å². The summed E-state index contributed by atoms with van der Waals surface area (Å²) in [6.07, 6.45) is 6.28. The molecule has 0 fully saturated rings. The molecule has 0 radical (unpaired) electrons. The van der Waals surface area contributed by atoms with Gasteiger partial charge in [-0.3, -0.25) is 4.79 Å². The molecule has 0 atom stereocenters. The zero-order chi connectivity index (χ0) is 14.4. The van der Waals surface area contributed by atoms with Crippen LogP contribution < -0.4 is 5.32 Å². The molecule has 1 N–H and O–H groups in total. The van der Waals surface area contributed by atoms with Crippen LogP contribution in [-0.4, -0.2) is 25.7 Å². The van der Waals surface area contributed by atoms with Gasteiger partial charge in [0.15, 0.2) is 5.82 Å². The molecule has 0 bridgehead atoms. The number of aromatic nitrogens is 4. The van der Waals surface area contributed by atoms with E-state index in [2.05, 4.69) is 34.2 Å². The third kappa shape index (κ3) is 4.15. The molecular formula is C14H19N5O. The fourth-order valence-corrected chi connectivity index (χ4v) is 1.69. The Morgan fingerprint density at radius 2 is 2.25 bits per heavy atom. The largest absolute Gasteiger partial charge is 0.352 e. The van der Waals surface area contributed by atoms with E-state index in [1.54, 1.807) is 17.2 Å². The maximum atomic E-state index is 11.6. The zero-order valence-corrected chi connectivity index (χ0v) is 11.8. The maximum absolute atomic E-state index is 11.6. The van der Waals surface area contributed by atoms with E-state index in [0.717, 1.165) is 12.0 Å². The Morgan fingerprint density at radius 1 is 1.40 bits per heavy atom. The van der Waals surface area contributed by atoms with Crippen molar-refractivity contribution in [1.82, 2.24) is 25.1 Å². The first-order chi connectivity index (χ1) is 9.65. The highest BCUT2D eigenvalue weighted by molar-refractivity contribution is 5.75. The summed E-state index contributed by atoms with van der Waals surface area (Å²) >= 11 is 0. The molecule has 0 unspecified atom stereocenters. The maximum Gasteiger partial charge on any atom is 0.220 e. The molecule has 2 heterocycles. The molecule has 1 amide bonds. The minimum atomic E-state index is 0.0825. The van der Waals surface area contributed by atoms with E-state index in [1.807, 2.05) is 12.1 Å². The summed E-state index contributed by atoms with van der Waals surface area (Å²) in [6, 6.07) is 3.77. The van der Waals surface area contributed by atoms with Gasteiger partial charge < -0.3 is 5.32 Å². The SMILES string of the molecule is CC(C)CCC(=O)NCc1ccc(-n2cncn2)nc1. The number of nitrogens with zero attached hydrogens (tertiary/aromatic N) is 4. The molecule has 6 nitrogen and oxygen atoms in total. The highest BCUT2D eigenvalue weighted by Crippen LogP contribution is 2.05. The second-order valence-corrected chi connectivity index (χ2v) is 5.07. The van der Waals surface area contributed by atoms with Gasteiger partial charge in [-0.2, -0.15) is 5.10 Å². The molecule has 0 aliphatic heterocycles. The quantitative estimate of drug-likeness (QED) is 0.869. The molecule has 0 saturated heterocycles. The second-order valence-electron chi connectivity index (χ2n) is 5.07. The van der Waals surface area contributed by atoms with Crippen LogP contribution in [-0.2, 0) is 11.3 Å². The third-order valence-corrected chi connectivity index (χ3v) is 2.90. The number of pyridine rings is 1. The second kappa shape index (κ2) is 6.79. The van der Waals surface area contributed by atoms with Crippen molar-refractivity contribution in [1.29, 1.82) is 0 Å². The van der Waals surface area contributed by atoms with Crippen molar-refractivity contribution in [3.63, 3.8) is 0 Å². The monoisotopic (exact) mass is 273 g/mol. The minimum absolute atomic E-state index is 0.0825. The van der Waals surface area contributed by atoms with Gasteiger partial charge in [0.05, 0.1) is 0 Å². The molecule has 0 aliphatic rings. The van der Waals surface area contributed by atoms with Gasteiger partial charge >= 0.3 is 0 Å². The Bertz CT molecular complexity index is 533. The van der Waals surface area contributed by atoms with E-state index < -0.39 is 0 Å². The summed E-state index contributed by atoms with van der Waals surface area (Å²) in [5.41, 5.74) is 0.965. The summed E-state index contributed by atoms with van der Waals surface area (Å²) in [5, 5.41) is 6.90. The molecule has 0 aliphatic carbocycles. The van der Waals surface area contributed by atoms with Gasteiger partial charge in [-0.05, 0) is 24.0 Å². The number of nitrogens with one attached hydrogen (secondary N) is 1. The lowest BCUT2D eigenvalue weighted by Gasteiger charge is -2.07. The summed E-state index contributed by atoms with van der Waals surface area (Å²) in [5.74, 6) is 1.33. The van der Waals surface area contributed by atoms with Gasteiger partial charge in [-0.15, -0.1) is 0 Å². The van der Waals surface area contributed by atoms with Gasteiger partial charge in [0.25, 0.3) is 0 Å². The molecular weight excluding hydrogens is 254 g/mol. The molecule has 6 heteroatoms. The van der Waals surface area contributed by atoms with Crippen LogP contribution in [0.2, 0.25) is 0 Å². The van der Waals surface area contributed by atoms with Crippen LogP contribution in [0, 0.1) is 5.92 Å². The smallest absolute Gasteiger partial charge is 0.220 e. The molecule has 20 heavy (non-hydrogen) atoms. The molecule has 106 valence electrons. The number of hydrogen-bond donors (Lipinski definition) is 1. The van der Waals surface area contributed by atoms with Gasteiger partial charge in [0.2, 0.25) is 5.91 Å². The summed E-state index contributed by atoms with van der Waals surface area (Å²) in [6.45, 7) is 4.72. The van der Waals surface area contributed by atoms with E-state index in [0.29, 0.717) is 24.7 Å². The summed E-state index contributed by atoms with van der Waals surface area (Å²) < 4.78 is 1.59. The van der Waals surface area contributed by atoms with Crippen molar-refractivity contribution >= 4 is 5.91 Å². The van der Waals surface area contributed by atoms with Crippen LogP contribution >= 0.6 is 0 Å². The van der Waals surface area contributed by atoms with Gasteiger partial charge in [0.1, 0.15) is 12.7 Å². The van der Waals surface area contributed by atoms with Crippen molar-refractivity contribution in [2.45, 2.75) is 33.2 Å². The normalized spacial score (nSPS) is 10.8. The first-order valence-corrected chi connectivity index (χ1v) is 6.72. The van der Waals surface area contributed by atoms with Crippen LogP contribution in [0.5, 0.6) is 0 Å². The minimum Gasteiger partial charge on any atom is -0.352 e. The first kappa shape index (κ1) is 14.2. The molecule has 2 aromatic rings. The van der Waals surface area contributed by atoms with Crippen molar-refractivity contribution in [2.75, 3.05) is 0 Å². The fourth-order valence-electron chi connectivity index (χ4n) is 1.69. The lowest BCUT2D eigenvalue weighted by molar-refractivity contribution is -0.121. The average Bonchev–Trinajstić information content (AvgIpc) is 2.97. The zero-order valence-electron chi connectivity index (χ0n) is 11.8. The number of hydrogen-bond acceptors (Lipinski definition) is 4. The molecule has 2 aromatic heterocycles. The Hall–Kier alpha value is -2.24. The number of carbonyl (C=O) groups excluding carboxylic acids is 1. The van der Waals surface area contributed by atoms with Gasteiger partial charge in [-0.1, -0.05) is 19.9 Å². The van der Waals surface area contributed by atoms with Crippen molar-refractivity contribution in [2.24, 2.45) is 5.92 Å². The van der Waals surface area contributed by atoms with Crippen LogP contribution in [0.25, 0.3) is 5.82 Å². The predicted octanol–water partition coefficient (Wildman–Crippen LogP) is 1.71. The number of rotatable bonds is 6. The molecule has 0 aromatic carbocycles. The molecule has 2 rings (SSSR count). The fraction of sp³-hybridized carbons (Fsp3) is 0.429. The van der Waals surface area contributed by atoms with E-state index in [9.17, 15) is 4.79 Å². The van der Waals surface area contributed by atoms with E-state index in [-0.39, 0.29) is 5.91 Å². The highest BCUT2D eigenvalue weighted by Gasteiger charge is 2.04. The Labute approximate surface area is 118 Å². The Balaban J connectivity index is 1.84. The summed E-state index contributed by atoms with van der Waals surface area (Å²) in [4.78, 5) is 19.8. The average molecular weight is 273 g/mol. The van der Waals surface area contributed by atoms with Crippen LogP contribution in [0.4, 0.5) is 0 Å². The summed E-state index contributed by atoms with van der Waals surface area (Å²) in [7, 11) is 0. The van der Waals surface area contributed by atoms with E-state index in [1.165, 1.54) is 6.33 Å². The Morgan fingerprint density at radius 3 is 2.85 bits per heavy atom. The Kier molecular flexibility index (Phi) is 4.81. The van der Waals surface area contributed by atoms with Crippen LogP contribution in [0.3, 0.4) is 0 Å². The third-order valence-electron chi connectivity index (χ3n) is 2.90. The van der Waals surface area contributed by atoms with Crippen molar-refractivity contribution in [3.8, 4) is 5.82 Å². The number of carbonyl (C=O) groups is 1. The first-order valence-electron chi connectivity index (χ1n) is 6.72. The lowest BCUT2D eigenvalue weighted by atomic mass is 10.1. The van der Waals surface area contributed by atoms with Crippen molar-refractivity contribution < 1.29 is 4.79 Å². The highest BCUT2D eigenvalue weighted by atomic mass is 16.1. The van der Waals surface area contributed by atoms with Gasteiger partial charge in [0, 0.05) is 19.2 Å². The van der Waals surface area contributed by atoms with Crippen LogP contribution in [0.1, 0.15) is 32.3 Å². The lowest BCUT2D eigenvalue weighted by Crippen LogP contribution is -2.22. The topological polar surface area (TPSA) is 72.7 Å². The van der Waals surface area contributed by atoms with E-state index >= 15 is 0 Å². The van der Waals surface area contributed by atoms with E-state index in [4.69, 9.17) is 0 Å².